The number of esters is 3. The van der Waals surface area contributed by atoms with E-state index in [2.05, 4.69) is 51.8 Å². The van der Waals surface area contributed by atoms with Crippen molar-refractivity contribution in [1.82, 2.24) is 19.8 Å². The van der Waals surface area contributed by atoms with Crippen molar-refractivity contribution in [2.24, 2.45) is 0 Å². The third-order valence-electron chi connectivity index (χ3n) is 17.0. The number of aromatic amines is 1. The van der Waals surface area contributed by atoms with Crippen LogP contribution in [-0.2, 0) is 67.2 Å². The second-order valence-electron chi connectivity index (χ2n) is 24.4. The molecule has 2 saturated heterocycles. The molecule has 0 saturated carbocycles. The van der Waals surface area contributed by atoms with Crippen LogP contribution in [0.15, 0.2) is 94.6 Å². The van der Waals surface area contributed by atoms with Gasteiger partial charge in [0.05, 0.1) is 40.5 Å². The lowest BCUT2D eigenvalue weighted by atomic mass is 9.79. The number of H-pyrrole nitrogens is 1. The Bertz CT molecular complexity index is 2970. The third-order valence-corrected chi connectivity index (χ3v) is 23.0. The van der Waals surface area contributed by atoms with Gasteiger partial charge in [0.15, 0.2) is 33.0 Å². The summed E-state index contributed by atoms with van der Waals surface area (Å²) in [6.45, 7) is 19.8. The number of amides is 2. The van der Waals surface area contributed by atoms with E-state index in [1.807, 2.05) is 78.9 Å². The Morgan fingerprint density at radius 2 is 1.22 bits per heavy atom. The minimum atomic E-state index is -2.65. The van der Waals surface area contributed by atoms with E-state index in [0.717, 1.165) is 61.6 Å². The van der Waals surface area contributed by atoms with Crippen LogP contribution >= 0.6 is 0 Å². The van der Waals surface area contributed by atoms with Crippen molar-refractivity contribution >= 4 is 38.0 Å². The summed E-state index contributed by atoms with van der Waals surface area (Å²) in [6, 6.07) is 24.4. The molecule has 21 nitrogen and oxygen atoms in total. The van der Waals surface area contributed by atoms with Gasteiger partial charge in [-0.15, -0.1) is 0 Å². The van der Waals surface area contributed by atoms with E-state index in [1.54, 1.807) is 26.0 Å². The smallest absolute Gasteiger partial charge is 0.330 e. The number of carbonyl (C=O) groups excluding carboxylic acids is 5. The van der Waals surface area contributed by atoms with Crippen molar-refractivity contribution in [1.29, 1.82) is 0 Å². The molecular formula is C67H96N4O17Si. The highest BCUT2D eigenvalue weighted by Crippen LogP contribution is 2.46. The van der Waals surface area contributed by atoms with Crippen LogP contribution in [-0.4, -0.2) is 142 Å². The summed E-state index contributed by atoms with van der Waals surface area (Å²) >= 11 is 0. The van der Waals surface area contributed by atoms with Gasteiger partial charge in [0, 0.05) is 52.5 Å². The van der Waals surface area contributed by atoms with Crippen molar-refractivity contribution in [3.63, 3.8) is 0 Å². The zero-order chi connectivity index (χ0) is 65.1. The summed E-state index contributed by atoms with van der Waals surface area (Å²) in [5.41, 5.74) is -0.496. The standard InChI is InChI=1S/C67H96N4O17Si/c1-44(2)89(45(3)4,46(5)6)84-43-66(42-83-67(52-26-22-21-23-27-52,53-29-33-55(79-12)34-30-53)54-31-35-56(80-13)36-32-54)41-70(39-59(88-66)71-38-47(7)63(77)69-65(71)78)58(76)28-24-19-17-15-14-16-18-20-25-37-81-64-60(68-48(8)72)62(86-51(11)75)61(85-50(10)74)57(87-64)40-82-49(9)73/h21-23,26-27,29-36,38,44-46,57,59-62,64H,14-20,24-25,28,37,39-43H2,1-13H3,(H,68,72)(H,69,77,78)/t57-,59-,60-,61+,62-,64-,66+/m1/s1. The van der Waals surface area contributed by atoms with Gasteiger partial charge in [0.1, 0.15) is 41.5 Å². The van der Waals surface area contributed by atoms with Crippen LogP contribution in [0.25, 0.3) is 0 Å². The van der Waals surface area contributed by atoms with E-state index in [0.29, 0.717) is 29.9 Å². The average Bonchev–Trinajstić information content (AvgIpc) is 0.788. The maximum Gasteiger partial charge on any atom is 0.330 e. The van der Waals surface area contributed by atoms with Gasteiger partial charge in [0.25, 0.3) is 5.56 Å². The van der Waals surface area contributed by atoms with Crippen LogP contribution in [0, 0.1) is 6.92 Å². The summed E-state index contributed by atoms with van der Waals surface area (Å²) in [7, 11) is 0.598. The molecule has 2 N–H and O–H groups in total. The molecule has 0 aliphatic carbocycles. The van der Waals surface area contributed by atoms with E-state index < -0.39 is 91.5 Å². The molecule has 4 aromatic rings. The first kappa shape index (κ1) is 71.4. The van der Waals surface area contributed by atoms with E-state index in [-0.39, 0.29) is 68.5 Å². The van der Waals surface area contributed by atoms with Crippen LogP contribution in [0.3, 0.4) is 0 Å². The van der Waals surface area contributed by atoms with Gasteiger partial charge in [0.2, 0.25) is 11.8 Å². The van der Waals surface area contributed by atoms with Crippen molar-refractivity contribution in [3.05, 3.63) is 128 Å². The SMILES string of the molecule is COc1ccc(C(OC[C@]2(CO[Si](C(C)C)(C(C)C)C(C)C)CN(C(=O)CCCCCCCCCCCO[C@@H]3O[C@H](COC(C)=O)[C@H](OC(C)=O)[C@H](OC(C)=O)[C@H]3NC(C)=O)C[C@H](n3cc(C)c(=O)[nH]c3=O)O2)(c2ccccc2)c2ccc(OC)cc2)cc1. The Kier molecular flexibility index (Phi) is 26.8. The predicted molar refractivity (Wildman–Crippen MR) is 337 cm³/mol. The van der Waals surface area contributed by atoms with Gasteiger partial charge in [-0.3, -0.25) is 38.3 Å². The van der Waals surface area contributed by atoms with E-state index in [9.17, 15) is 33.6 Å². The molecule has 7 atom stereocenters. The number of morpholine rings is 1. The fourth-order valence-corrected chi connectivity index (χ4v) is 18.3. The predicted octanol–water partition coefficient (Wildman–Crippen LogP) is 9.73. The van der Waals surface area contributed by atoms with Crippen molar-refractivity contribution in [3.8, 4) is 11.5 Å². The highest BCUT2D eigenvalue weighted by atomic mass is 28.4. The fourth-order valence-electron chi connectivity index (χ4n) is 12.8. The van der Waals surface area contributed by atoms with Gasteiger partial charge in [-0.2, -0.15) is 0 Å². The molecule has 2 fully saturated rings. The lowest BCUT2D eigenvalue weighted by Gasteiger charge is -2.50. The molecule has 0 unspecified atom stereocenters. The fraction of sp³-hybridized carbons (Fsp3) is 0.597. The molecule has 0 spiro atoms. The van der Waals surface area contributed by atoms with Crippen molar-refractivity contribution in [2.75, 3.05) is 53.7 Å². The maximum absolute atomic E-state index is 14.9. The van der Waals surface area contributed by atoms with Gasteiger partial charge in [-0.1, -0.05) is 141 Å². The third kappa shape index (κ3) is 18.7. The summed E-state index contributed by atoms with van der Waals surface area (Å²) in [4.78, 5) is 94.5. The number of benzene rings is 3. The number of unbranched alkanes of at least 4 members (excludes halogenated alkanes) is 8. The number of carbonyl (C=O) groups is 5. The zero-order valence-corrected chi connectivity index (χ0v) is 55.4. The van der Waals surface area contributed by atoms with Crippen molar-refractivity contribution < 1.29 is 71.0 Å². The van der Waals surface area contributed by atoms with Gasteiger partial charge >= 0.3 is 23.6 Å². The van der Waals surface area contributed by atoms with Gasteiger partial charge in [-0.05, 0) is 77.3 Å². The first-order valence-electron chi connectivity index (χ1n) is 31.3. The van der Waals surface area contributed by atoms with E-state index in [4.69, 9.17) is 47.1 Å². The van der Waals surface area contributed by atoms with Crippen molar-refractivity contribution in [2.45, 2.75) is 205 Å². The Morgan fingerprint density at radius 3 is 1.74 bits per heavy atom. The number of aryl methyl sites for hydroxylation is 1. The largest absolute Gasteiger partial charge is 0.497 e. The maximum atomic E-state index is 14.9. The quantitative estimate of drug-likeness (QED) is 0.0148. The molecule has 6 rings (SSSR count). The summed E-state index contributed by atoms with van der Waals surface area (Å²) in [5.74, 6) is -1.19. The highest BCUT2D eigenvalue weighted by Gasteiger charge is 2.53. The molecule has 3 heterocycles. The first-order valence-corrected chi connectivity index (χ1v) is 33.5. The van der Waals surface area contributed by atoms with E-state index in [1.165, 1.54) is 38.5 Å². The minimum absolute atomic E-state index is 0.0322. The number of hydrogen-bond donors (Lipinski definition) is 2. The van der Waals surface area contributed by atoms with E-state index >= 15 is 0 Å². The molecule has 2 amide bonds. The molecule has 1 aromatic heterocycles. The monoisotopic (exact) mass is 1260 g/mol. The number of ether oxygens (including phenoxy) is 9. The highest BCUT2D eigenvalue weighted by molar-refractivity contribution is 6.77. The molecule has 0 radical (unpaired) electrons. The minimum Gasteiger partial charge on any atom is -0.497 e. The van der Waals surface area contributed by atoms with Crippen LogP contribution in [0.5, 0.6) is 11.5 Å². The van der Waals surface area contributed by atoms with Gasteiger partial charge < -0.3 is 57.3 Å². The molecule has 3 aromatic carbocycles. The number of rotatable bonds is 33. The molecule has 2 aliphatic heterocycles. The molecule has 22 heteroatoms. The van der Waals surface area contributed by atoms with Gasteiger partial charge in [-0.25, -0.2) is 4.79 Å². The topological polar surface area (TPSA) is 248 Å². The molecule has 490 valence electrons. The zero-order valence-electron chi connectivity index (χ0n) is 54.4. The summed E-state index contributed by atoms with van der Waals surface area (Å²) < 4.78 is 63.7. The summed E-state index contributed by atoms with van der Waals surface area (Å²) in [6.07, 6.45) is 3.85. The summed E-state index contributed by atoms with van der Waals surface area (Å²) in [5, 5.41) is 2.72. The number of hydrogen-bond acceptors (Lipinski definition) is 17. The molecular weight excluding hydrogens is 1160 g/mol. The number of aromatic nitrogens is 2. The Balaban J connectivity index is 1.18. The van der Waals surface area contributed by atoms with Crippen LogP contribution in [0.4, 0.5) is 0 Å². The normalized spacial score (nSPS) is 20.5. The molecule has 0 bridgehead atoms. The Hall–Kier alpha value is -6.69. The molecule has 89 heavy (non-hydrogen) atoms. The number of nitrogens with zero attached hydrogens (tertiary/aromatic N) is 2. The number of nitrogens with one attached hydrogen (secondary N) is 2. The average molecular weight is 1260 g/mol. The Labute approximate surface area is 525 Å². The van der Waals surface area contributed by atoms with Crippen LogP contribution in [0.2, 0.25) is 16.6 Å². The lowest BCUT2D eigenvalue weighted by Crippen LogP contribution is -2.66. The lowest BCUT2D eigenvalue weighted by molar-refractivity contribution is -0.277. The molecule has 2 aliphatic rings. The van der Waals surface area contributed by atoms with Crippen LogP contribution < -0.4 is 26.0 Å². The Morgan fingerprint density at radius 1 is 0.697 bits per heavy atom. The van der Waals surface area contributed by atoms with Crippen LogP contribution in [0.1, 0.15) is 162 Å². The number of methoxy groups -OCH3 is 2. The second kappa shape index (κ2) is 33.4. The first-order chi connectivity index (χ1) is 42.4. The second-order valence-corrected chi connectivity index (χ2v) is 29.9.